The van der Waals surface area contributed by atoms with Crippen LogP contribution in [-0.2, 0) is 9.96 Å². The molecule has 3 saturated heterocycles. The summed E-state index contributed by atoms with van der Waals surface area (Å²) in [6.45, 7) is 16.2. The van der Waals surface area contributed by atoms with Crippen molar-refractivity contribution in [3.8, 4) is 5.75 Å². The van der Waals surface area contributed by atoms with Crippen molar-refractivity contribution in [3.05, 3.63) is 48.7 Å². The van der Waals surface area contributed by atoms with Crippen molar-refractivity contribution < 1.29 is 9.47 Å². The van der Waals surface area contributed by atoms with E-state index in [0.29, 0.717) is 17.9 Å². The number of benzene rings is 1. The number of aromatic nitrogens is 1. The standard InChI is InChI=1S/C26H35N2O2Si/c1-8-18-16-28-17(2)13-19(18)15-25(28,6)26(31,30-24(3,4)5)22-11-12-27-23-10-9-20(29-7)14-21(22)23/h8-12,14,17-19H,1,13,15-16H2,2-7H3/t17?,18-,19-,25+,26+/m0/s1. The highest BCUT2D eigenvalue weighted by Gasteiger charge is 2.60. The van der Waals surface area contributed by atoms with Crippen LogP contribution in [0.3, 0.4) is 0 Å². The van der Waals surface area contributed by atoms with Gasteiger partial charge in [-0.2, -0.15) is 0 Å². The quantitative estimate of drug-likeness (QED) is 0.486. The fraction of sp³-hybridized carbons (Fsp3) is 0.577. The Labute approximate surface area is 190 Å². The molecule has 0 N–H and O–H groups in total. The highest BCUT2D eigenvalue weighted by Crippen LogP contribution is 2.54. The van der Waals surface area contributed by atoms with Gasteiger partial charge in [-0.3, -0.25) is 9.88 Å². The number of hydrogen-bond donors (Lipinski definition) is 0. The van der Waals surface area contributed by atoms with Crippen molar-refractivity contribution in [2.24, 2.45) is 11.8 Å². The summed E-state index contributed by atoms with van der Waals surface area (Å²) < 4.78 is 12.5. The van der Waals surface area contributed by atoms with Gasteiger partial charge in [0.1, 0.15) is 5.75 Å². The maximum atomic E-state index is 6.98. The average Bonchev–Trinajstić information content (AvgIpc) is 2.71. The van der Waals surface area contributed by atoms with Crippen LogP contribution < -0.4 is 4.74 Å². The second kappa shape index (κ2) is 7.71. The van der Waals surface area contributed by atoms with E-state index in [1.807, 2.05) is 18.3 Å². The fourth-order valence-corrected chi connectivity index (χ4v) is 6.70. The molecule has 5 rings (SSSR count). The molecule has 3 aliphatic rings. The van der Waals surface area contributed by atoms with Crippen LogP contribution in [-0.4, -0.2) is 51.0 Å². The molecule has 3 aliphatic heterocycles. The predicted octanol–water partition coefficient (Wildman–Crippen LogP) is 5.05. The predicted molar refractivity (Wildman–Crippen MR) is 128 cm³/mol. The largest absolute Gasteiger partial charge is 0.497 e. The van der Waals surface area contributed by atoms with Gasteiger partial charge < -0.3 is 9.47 Å². The summed E-state index contributed by atoms with van der Waals surface area (Å²) in [5.74, 6) is 1.95. The second-order valence-electron chi connectivity index (χ2n) is 10.5. The molecule has 0 amide bonds. The number of rotatable bonds is 5. The first-order chi connectivity index (χ1) is 14.5. The molecule has 31 heavy (non-hydrogen) atoms. The first-order valence-electron chi connectivity index (χ1n) is 11.3. The van der Waals surface area contributed by atoms with Crippen molar-refractivity contribution >= 4 is 21.1 Å². The molecule has 1 aromatic carbocycles. The summed E-state index contributed by atoms with van der Waals surface area (Å²) >= 11 is 0. The van der Waals surface area contributed by atoms with Gasteiger partial charge >= 0.3 is 0 Å². The van der Waals surface area contributed by atoms with Gasteiger partial charge in [0.25, 0.3) is 0 Å². The van der Waals surface area contributed by atoms with E-state index in [0.717, 1.165) is 35.2 Å². The molecular weight excluding hydrogens is 400 g/mol. The molecule has 165 valence electrons. The van der Waals surface area contributed by atoms with Crippen molar-refractivity contribution in [1.29, 1.82) is 0 Å². The minimum atomic E-state index is -0.724. The summed E-state index contributed by atoms with van der Waals surface area (Å²) in [5, 5.41) is 0.329. The third-order valence-corrected chi connectivity index (χ3v) is 8.24. The summed E-state index contributed by atoms with van der Waals surface area (Å²) in [6, 6.07) is 8.65. The Balaban J connectivity index is 1.94. The van der Waals surface area contributed by atoms with Crippen molar-refractivity contribution in [1.82, 2.24) is 9.88 Å². The monoisotopic (exact) mass is 435 g/mol. The smallest absolute Gasteiger partial charge is 0.119 e. The first-order valence-corrected chi connectivity index (χ1v) is 11.8. The molecule has 2 bridgehead atoms. The lowest BCUT2D eigenvalue weighted by atomic mass is 9.64. The molecule has 0 aliphatic carbocycles. The molecule has 1 aromatic heterocycles. The number of nitrogens with zero attached hydrogens (tertiary/aromatic N) is 2. The van der Waals surface area contributed by atoms with E-state index in [-0.39, 0.29) is 11.1 Å². The maximum absolute atomic E-state index is 6.98. The highest BCUT2D eigenvalue weighted by molar-refractivity contribution is 6.17. The van der Waals surface area contributed by atoms with Crippen LogP contribution in [0.4, 0.5) is 0 Å². The zero-order valence-electron chi connectivity index (χ0n) is 19.7. The lowest BCUT2D eigenvalue weighted by molar-refractivity contribution is -0.205. The van der Waals surface area contributed by atoms with E-state index in [1.165, 1.54) is 6.42 Å². The van der Waals surface area contributed by atoms with Gasteiger partial charge in [0.2, 0.25) is 0 Å². The Kier molecular flexibility index (Phi) is 5.60. The van der Waals surface area contributed by atoms with Gasteiger partial charge in [-0.1, -0.05) is 6.08 Å². The third-order valence-electron chi connectivity index (χ3n) is 7.33. The van der Waals surface area contributed by atoms with E-state index in [4.69, 9.17) is 9.47 Å². The zero-order valence-corrected chi connectivity index (χ0v) is 20.7. The molecule has 4 heterocycles. The summed E-state index contributed by atoms with van der Waals surface area (Å²) in [7, 11) is 6.00. The first kappa shape index (κ1) is 22.5. The molecule has 0 saturated carbocycles. The van der Waals surface area contributed by atoms with Crippen molar-refractivity contribution in [2.75, 3.05) is 13.7 Å². The number of pyridine rings is 1. The number of fused-ring (bicyclic) bond motifs is 4. The number of methoxy groups -OCH3 is 1. The molecule has 4 nitrogen and oxygen atoms in total. The lowest BCUT2D eigenvalue weighted by Crippen LogP contribution is -2.72. The van der Waals surface area contributed by atoms with Crippen LogP contribution in [0.25, 0.3) is 10.9 Å². The molecule has 2 aromatic rings. The van der Waals surface area contributed by atoms with E-state index in [9.17, 15) is 0 Å². The highest BCUT2D eigenvalue weighted by atomic mass is 28.1. The van der Waals surface area contributed by atoms with Gasteiger partial charge in [-0.25, -0.2) is 0 Å². The lowest BCUT2D eigenvalue weighted by Gasteiger charge is -2.65. The van der Waals surface area contributed by atoms with Crippen LogP contribution in [0, 0.1) is 11.8 Å². The third kappa shape index (κ3) is 3.65. The molecule has 2 unspecified atom stereocenters. The fourth-order valence-electron chi connectivity index (χ4n) is 5.93. The van der Waals surface area contributed by atoms with Gasteiger partial charge in [-0.05, 0) is 89.1 Å². The molecule has 5 heteroatoms. The van der Waals surface area contributed by atoms with Gasteiger partial charge in [0.15, 0.2) is 0 Å². The second-order valence-corrected chi connectivity index (χ2v) is 11.2. The molecule has 3 radical (unpaired) electrons. The van der Waals surface area contributed by atoms with Gasteiger partial charge in [0, 0.05) is 29.7 Å². The van der Waals surface area contributed by atoms with Crippen LogP contribution in [0.1, 0.15) is 53.0 Å². The Morgan fingerprint density at radius 2 is 2.03 bits per heavy atom. The van der Waals surface area contributed by atoms with Crippen LogP contribution in [0.15, 0.2) is 43.1 Å². The van der Waals surface area contributed by atoms with Crippen LogP contribution >= 0.6 is 0 Å². The van der Waals surface area contributed by atoms with E-state index >= 15 is 0 Å². The van der Waals surface area contributed by atoms with Crippen LogP contribution in [0.2, 0.25) is 0 Å². The molecular formula is C26H35N2O2Si. The Morgan fingerprint density at radius 3 is 2.65 bits per heavy atom. The van der Waals surface area contributed by atoms with Crippen LogP contribution in [0.5, 0.6) is 5.75 Å². The van der Waals surface area contributed by atoms with Crippen molar-refractivity contribution in [3.63, 3.8) is 0 Å². The summed E-state index contributed by atoms with van der Waals surface area (Å²) in [4.78, 5) is 7.27. The van der Waals surface area contributed by atoms with Gasteiger partial charge in [0.05, 0.1) is 33.7 Å². The van der Waals surface area contributed by atoms with E-state index in [1.54, 1.807) is 7.11 Å². The SMILES string of the molecule is C=C[C@H]1CN2C(C)C[C@H]1C[C@]2(C)[C@@]([Si])(OC(C)(C)C)c1ccnc2ccc(OC)cc12. The molecule has 0 spiro atoms. The normalized spacial score (nSPS) is 32.6. The maximum Gasteiger partial charge on any atom is 0.119 e. The van der Waals surface area contributed by atoms with Crippen molar-refractivity contribution in [2.45, 2.75) is 69.9 Å². The van der Waals surface area contributed by atoms with Gasteiger partial charge in [-0.15, -0.1) is 6.58 Å². The summed E-state index contributed by atoms with van der Waals surface area (Å²) in [6.07, 6.45) is 6.28. The minimum Gasteiger partial charge on any atom is -0.497 e. The minimum absolute atomic E-state index is 0.240. The zero-order chi connectivity index (χ0) is 22.6. The molecule has 6 atom stereocenters. The van der Waals surface area contributed by atoms with E-state index in [2.05, 4.69) is 79.5 Å². The topological polar surface area (TPSA) is 34.6 Å². The molecule has 3 fully saturated rings. The van der Waals surface area contributed by atoms with E-state index < -0.39 is 5.22 Å². The Morgan fingerprint density at radius 1 is 1.29 bits per heavy atom. The number of hydrogen-bond acceptors (Lipinski definition) is 4. The Hall–Kier alpha value is -1.69. The average molecular weight is 436 g/mol. The number of ether oxygens (including phenoxy) is 2. The summed E-state index contributed by atoms with van der Waals surface area (Å²) in [5.41, 5.74) is 1.45. The number of piperidine rings is 3. The Bertz CT molecular complexity index is 987.